The summed E-state index contributed by atoms with van der Waals surface area (Å²) in [5, 5.41) is 10.0. The second kappa shape index (κ2) is 13.2. The van der Waals surface area contributed by atoms with Gasteiger partial charge in [-0.3, -0.25) is 19.4 Å². The first-order valence-corrected chi connectivity index (χ1v) is 13.4. The van der Waals surface area contributed by atoms with E-state index in [1.165, 1.54) is 12.1 Å². The lowest BCUT2D eigenvalue weighted by Gasteiger charge is -2.35. The Labute approximate surface area is 237 Å². The number of hydrogen-bond donors (Lipinski definition) is 3. The first-order valence-electron chi connectivity index (χ1n) is 13.4. The molecule has 2 aliphatic heterocycles. The van der Waals surface area contributed by atoms with Gasteiger partial charge in [-0.25, -0.2) is 9.45 Å². The quantitative estimate of drug-likeness (QED) is 0.400. The van der Waals surface area contributed by atoms with Crippen LogP contribution in [-0.4, -0.2) is 54.7 Å². The number of ether oxygens (including phenoxy) is 2. The molecule has 214 valence electrons. The van der Waals surface area contributed by atoms with Crippen molar-refractivity contribution < 1.29 is 28.3 Å². The van der Waals surface area contributed by atoms with E-state index in [0.717, 1.165) is 37.6 Å². The predicted molar refractivity (Wildman–Crippen MR) is 149 cm³/mol. The van der Waals surface area contributed by atoms with Gasteiger partial charge >= 0.3 is 11.8 Å². The van der Waals surface area contributed by atoms with Gasteiger partial charge < -0.3 is 25.4 Å². The number of amides is 2. The molecular formula is C30H32FN5O5. The van der Waals surface area contributed by atoms with Gasteiger partial charge in [0.1, 0.15) is 17.6 Å². The molecule has 1 aromatic carbocycles. The van der Waals surface area contributed by atoms with E-state index in [1.54, 1.807) is 48.8 Å². The van der Waals surface area contributed by atoms with Crippen molar-refractivity contribution in [3.8, 4) is 5.75 Å². The molecule has 3 N–H and O–H groups in total. The molecule has 1 unspecified atom stereocenters. The number of rotatable bonds is 9. The third-order valence-corrected chi connectivity index (χ3v) is 6.92. The molecule has 5 rings (SSSR count). The van der Waals surface area contributed by atoms with E-state index in [0.29, 0.717) is 29.7 Å². The minimum atomic E-state index is -0.923. The van der Waals surface area contributed by atoms with Crippen LogP contribution in [0.3, 0.4) is 0 Å². The van der Waals surface area contributed by atoms with E-state index in [1.807, 2.05) is 18.2 Å². The van der Waals surface area contributed by atoms with Crippen LogP contribution in [0.2, 0.25) is 0 Å². The Balaban J connectivity index is 1.23. The second-order valence-corrected chi connectivity index (χ2v) is 9.74. The average Bonchev–Trinajstić information content (AvgIpc) is 3.01. The number of carbonyl (C=O) groups is 2. The smallest absolute Gasteiger partial charge is 0.313 e. The number of fused-ring (bicyclic) bond motifs is 1. The number of hydrogen-bond acceptors (Lipinski definition) is 8. The molecule has 1 aliphatic carbocycles. The van der Waals surface area contributed by atoms with Gasteiger partial charge in [0.25, 0.3) is 0 Å². The monoisotopic (exact) mass is 561 g/mol. The fourth-order valence-electron chi connectivity index (χ4n) is 4.65. The van der Waals surface area contributed by atoms with E-state index in [4.69, 9.17) is 14.3 Å². The van der Waals surface area contributed by atoms with Gasteiger partial charge in [-0.2, -0.15) is 0 Å². The minimum Gasteiger partial charge on any atom is -0.497 e. The Morgan fingerprint density at radius 2 is 2.00 bits per heavy atom. The van der Waals surface area contributed by atoms with Gasteiger partial charge in [0.05, 0.1) is 26.0 Å². The topological polar surface area (TPSA) is 114 Å². The maximum Gasteiger partial charge on any atom is 0.313 e. The van der Waals surface area contributed by atoms with Crippen LogP contribution in [0.15, 0.2) is 90.2 Å². The molecule has 3 aliphatic rings. The summed E-state index contributed by atoms with van der Waals surface area (Å²) in [6.07, 6.45) is 12.8. The number of anilines is 1. The zero-order valence-corrected chi connectivity index (χ0v) is 22.6. The number of benzene rings is 1. The van der Waals surface area contributed by atoms with E-state index < -0.39 is 17.6 Å². The summed E-state index contributed by atoms with van der Waals surface area (Å²) in [7, 11) is 1.58. The number of nitrogens with one attached hydrogen (secondary N) is 3. The Hall–Kier alpha value is -4.48. The van der Waals surface area contributed by atoms with Crippen LogP contribution in [-0.2, 0) is 25.7 Å². The molecule has 2 amide bonds. The molecule has 0 bridgehead atoms. The van der Waals surface area contributed by atoms with Crippen LogP contribution in [0.1, 0.15) is 18.5 Å². The Morgan fingerprint density at radius 3 is 2.76 bits per heavy atom. The molecule has 41 heavy (non-hydrogen) atoms. The van der Waals surface area contributed by atoms with Crippen LogP contribution in [0, 0.1) is 11.7 Å². The number of halogens is 1. The number of carbonyl (C=O) groups excluding carboxylic acids is 2. The highest BCUT2D eigenvalue weighted by Gasteiger charge is 2.29. The standard InChI is InChI=1S/C30H32FN5O5/c1-39-23-6-7-26-24(17-23)27(11-15-36(26)40-19-20-9-13-32-14-10-20)41-28-8-5-21(16-25(28)31)35-30(38)29(37)34-18-22-4-2-3-12-33-22/h2-8,11-12,15-17,20,26,32H,9-10,13-14,18-19H2,1H3,(H,34,37)(H,35,38). The van der Waals surface area contributed by atoms with Crippen molar-refractivity contribution in [2.75, 3.05) is 32.1 Å². The molecule has 2 aromatic rings. The van der Waals surface area contributed by atoms with Gasteiger partial charge in [0.2, 0.25) is 0 Å². The van der Waals surface area contributed by atoms with E-state index in [9.17, 15) is 9.59 Å². The fourth-order valence-corrected chi connectivity index (χ4v) is 4.65. The summed E-state index contributed by atoms with van der Waals surface area (Å²) in [5.41, 5.74) is 1.47. The maximum atomic E-state index is 15.1. The lowest BCUT2D eigenvalue weighted by molar-refractivity contribution is -0.146. The summed E-state index contributed by atoms with van der Waals surface area (Å²) in [4.78, 5) is 34.7. The van der Waals surface area contributed by atoms with Crippen molar-refractivity contribution in [2.24, 2.45) is 5.92 Å². The molecule has 1 fully saturated rings. The van der Waals surface area contributed by atoms with Gasteiger partial charge in [-0.15, -0.1) is 0 Å². The first kappa shape index (κ1) is 28.1. The van der Waals surface area contributed by atoms with Crippen molar-refractivity contribution in [3.05, 3.63) is 102 Å². The highest BCUT2D eigenvalue weighted by Crippen LogP contribution is 2.32. The van der Waals surface area contributed by atoms with E-state index in [-0.39, 0.29) is 24.0 Å². The van der Waals surface area contributed by atoms with Crippen LogP contribution in [0.25, 0.3) is 0 Å². The Kier molecular flexibility index (Phi) is 9.07. The number of methoxy groups -OCH3 is 1. The van der Waals surface area contributed by atoms with Gasteiger partial charge in [-0.1, -0.05) is 12.1 Å². The van der Waals surface area contributed by atoms with Crippen LogP contribution in [0.4, 0.5) is 10.1 Å². The highest BCUT2D eigenvalue weighted by molar-refractivity contribution is 6.39. The second-order valence-electron chi connectivity index (χ2n) is 9.74. The predicted octanol–water partition coefficient (Wildman–Crippen LogP) is 3.34. The van der Waals surface area contributed by atoms with Crippen LogP contribution < -0.4 is 20.7 Å². The molecule has 0 saturated carbocycles. The summed E-state index contributed by atoms with van der Waals surface area (Å²) in [6.45, 7) is 2.67. The molecule has 10 nitrogen and oxygen atoms in total. The summed E-state index contributed by atoms with van der Waals surface area (Å²) in [6, 6.07) is 8.93. The first-order chi connectivity index (χ1) is 20.0. The van der Waals surface area contributed by atoms with Crippen molar-refractivity contribution in [2.45, 2.75) is 25.4 Å². The normalized spacial score (nSPS) is 18.4. The zero-order valence-electron chi connectivity index (χ0n) is 22.6. The molecule has 0 radical (unpaired) electrons. The van der Waals surface area contributed by atoms with E-state index in [2.05, 4.69) is 20.9 Å². The molecule has 1 atom stereocenters. The third kappa shape index (κ3) is 7.19. The SMILES string of the molecule is COC1=CC2=C(Oc3ccc(NC(=O)C(=O)NCc4ccccn4)cc3F)C=CN(OCC3CCNCC3)C2C=C1. The number of pyridine rings is 1. The van der Waals surface area contributed by atoms with Crippen molar-refractivity contribution >= 4 is 17.5 Å². The van der Waals surface area contributed by atoms with Crippen molar-refractivity contribution in [1.29, 1.82) is 0 Å². The maximum absolute atomic E-state index is 15.1. The summed E-state index contributed by atoms with van der Waals surface area (Å²) >= 11 is 0. The Bertz CT molecular complexity index is 1380. The number of piperidine rings is 1. The number of allylic oxidation sites excluding steroid dienone is 2. The van der Waals surface area contributed by atoms with Gasteiger partial charge in [0.15, 0.2) is 11.6 Å². The molecule has 1 aromatic heterocycles. The average molecular weight is 562 g/mol. The largest absolute Gasteiger partial charge is 0.497 e. The number of aromatic nitrogens is 1. The van der Waals surface area contributed by atoms with Crippen molar-refractivity contribution in [1.82, 2.24) is 20.7 Å². The van der Waals surface area contributed by atoms with E-state index >= 15 is 4.39 Å². The minimum absolute atomic E-state index is 0.0421. The molecular weight excluding hydrogens is 529 g/mol. The molecule has 1 saturated heterocycles. The molecule has 0 spiro atoms. The van der Waals surface area contributed by atoms with Crippen LogP contribution >= 0.6 is 0 Å². The number of hydroxylamine groups is 2. The molecule has 11 heteroatoms. The lowest BCUT2D eigenvalue weighted by atomic mass is 9.97. The van der Waals surface area contributed by atoms with Gasteiger partial charge in [-0.05, 0) is 74.3 Å². The third-order valence-electron chi connectivity index (χ3n) is 6.92. The van der Waals surface area contributed by atoms with Crippen molar-refractivity contribution in [3.63, 3.8) is 0 Å². The highest BCUT2D eigenvalue weighted by atomic mass is 19.1. The summed E-state index contributed by atoms with van der Waals surface area (Å²) in [5.74, 6) is -0.993. The Morgan fingerprint density at radius 1 is 1.15 bits per heavy atom. The number of nitrogens with zero attached hydrogens (tertiary/aromatic N) is 2. The lowest BCUT2D eigenvalue weighted by Crippen LogP contribution is -2.38. The zero-order chi connectivity index (χ0) is 28.6. The fraction of sp³-hybridized carbons (Fsp3) is 0.300. The van der Waals surface area contributed by atoms with Gasteiger partial charge in [0, 0.05) is 29.7 Å². The van der Waals surface area contributed by atoms with Crippen LogP contribution in [0.5, 0.6) is 5.75 Å². The summed E-state index contributed by atoms with van der Waals surface area (Å²) < 4.78 is 26.5. The molecule has 3 heterocycles.